The van der Waals surface area contributed by atoms with Gasteiger partial charge in [-0.1, -0.05) is 26.0 Å². The van der Waals surface area contributed by atoms with E-state index in [1.165, 1.54) is 6.20 Å². The van der Waals surface area contributed by atoms with Gasteiger partial charge in [0, 0.05) is 6.54 Å². The molecule has 3 aromatic rings. The Morgan fingerprint density at radius 2 is 2.12 bits per heavy atom. The van der Waals surface area contributed by atoms with Gasteiger partial charge in [0.25, 0.3) is 11.5 Å². The molecule has 0 fully saturated rings. The highest BCUT2D eigenvalue weighted by Crippen LogP contribution is 2.14. The first-order valence-electron chi connectivity index (χ1n) is 7.94. The van der Waals surface area contributed by atoms with Crippen LogP contribution in [0.5, 0.6) is 0 Å². The Bertz CT molecular complexity index is 942. The monoisotopic (exact) mass is 328 g/mol. The molecule has 0 bridgehead atoms. The molecule has 0 aliphatic carbocycles. The molecule has 0 radical (unpaired) electrons. The topological polar surface area (TPSA) is 99.5 Å². The maximum atomic E-state index is 12.4. The van der Waals surface area contributed by atoms with E-state index in [-0.39, 0.29) is 17.4 Å². The van der Waals surface area contributed by atoms with E-state index < -0.39 is 6.10 Å². The van der Waals surface area contributed by atoms with Crippen molar-refractivity contribution >= 4 is 22.5 Å². The molecule has 7 nitrogen and oxygen atoms in total. The minimum absolute atomic E-state index is 0.140. The zero-order valence-electron chi connectivity index (χ0n) is 13.6. The van der Waals surface area contributed by atoms with Crippen molar-refractivity contribution in [1.82, 2.24) is 19.9 Å². The van der Waals surface area contributed by atoms with E-state index in [2.05, 4.69) is 15.4 Å². The number of benzene rings is 1. The number of hydrogen-bond acceptors (Lipinski definition) is 4. The lowest BCUT2D eigenvalue weighted by atomic mass is 10.0. The minimum atomic E-state index is -0.460. The summed E-state index contributed by atoms with van der Waals surface area (Å²) in [5.41, 5.74) is 1.05. The van der Waals surface area contributed by atoms with E-state index in [1.54, 1.807) is 22.7 Å². The molecule has 0 spiro atoms. The number of aromatic amines is 1. The van der Waals surface area contributed by atoms with Crippen molar-refractivity contribution in [1.29, 1.82) is 0 Å². The molecule has 1 aromatic carbocycles. The van der Waals surface area contributed by atoms with E-state index in [0.29, 0.717) is 35.1 Å². The molecule has 0 aliphatic heterocycles. The van der Waals surface area contributed by atoms with Crippen LogP contribution in [0.1, 0.15) is 30.6 Å². The summed E-state index contributed by atoms with van der Waals surface area (Å²) in [6.45, 7) is 4.20. The van der Waals surface area contributed by atoms with E-state index in [0.717, 1.165) is 0 Å². The molecule has 1 amide bonds. The largest absolute Gasteiger partial charge is 0.393 e. The SMILES string of the molecule is CC(C)C(O)CCNC(=O)c1cnn2c1[nH]c(=O)c1ccccc12. The highest BCUT2D eigenvalue weighted by molar-refractivity contribution is 6.00. The second-order valence-corrected chi connectivity index (χ2v) is 6.15. The predicted octanol–water partition coefficient (Wildman–Crippen LogP) is 1.31. The third kappa shape index (κ3) is 2.90. The standard InChI is InChI=1S/C17H20N4O3/c1-10(2)14(22)7-8-18-16(23)12-9-19-21-13-6-4-3-5-11(13)17(24)20-15(12)21/h3-6,9-10,14,22H,7-8H2,1-2H3,(H,18,23)(H,20,24). The Morgan fingerprint density at radius 1 is 1.38 bits per heavy atom. The molecule has 1 atom stereocenters. The lowest BCUT2D eigenvalue weighted by molar-refractivity contribution is 0.0921. The number of aliphatic hydroxyl groups is 1. The summed E-state index contributed by atoms with van der Waals surface area (Å²) in [5, 5.41) is 17.3. The van der Waals surface area contributed by atoms with Gasteiger partial charge in [-0.05, 0) is 24.5 Å². The number of H-pyrrole nitrogens is 1. The van der Waals surface area contributed by atoms with Gasteiger partial charge in [0.05, 0.1) is 23.2 Å². The Labute approximate surface area is 138 Å². The molecular weight excluding hydrogens is 308 g/mol. The fourth-order valence-corrected chi connectivity index (χ4v) is 2.60. The second kappa shape index (κ2) is 6.45. The van der Waals surface area contributed by atoms with Crippen LogP contribution >= 0.6 is 0 Å². The van der Waals surface area contributed by atoms with Crippen LogP contribution in [-0.4, -0.2) is 38.3 Å². The molecule has 0 saturated carbocycles. The number of nitrogens with zero attached hydrogens (tertiary/aromatic N) is 2. The zero-order valence-corrected chi connectivity index (χ0v) is 13.6. The first kappa shape index (κ1) is 16.2. The van der Waals surface area contributed by atoms with Crippen LogP contribution in [-0.2, 0) is 0 Å². The highest BCUT2D eigenvalue weighted by Gasteiger charge is 2.16. The van der Waals surface area contributed by atoms with E-state index in [4.69, 9.17) is 0 Å². The molecule has 3 N–H and O–H groups in total. The van der Waals surface area contributed by atoms with E-state index >= 15 is 0 Å². The van der Waals surface area contributed by atoms with Crippen LogP contribution in [0.25, 0.3) is 16.6 Å². The third-order valence-electron chi connectivity index (χ3n) is 4.12. The number of hydrogen-bond donors (Lipinski definition) is 3. The number of nitrogens with one attached hydrogen (secondary N) is 2. The van der Waals surface area contributed by atoms with Gasteiger partial charge >= 0.3 is 0 Å². The van der Waals surface area contributed by atoms with Crippen LogP contribution in [0.4, 0.5) is 0 Å². The summed E-state index contributed by atoms with van der Waals surface area (Å²) < 4.78 is 1.55. The number of carbonyl (C=O) groups excluding carboxylic acids is 1. The van der Waals surface area contributed by atoms with Gasteiger partial charge in [-0.3, -0.25) is 9.59 Å². The number of aliphatic hydroxyl groups excluding tert-OH is 1. The molecular formula is C17H20N4O3. The van der Waals surface area contributed by atoms with Gasteiger partial charge < -0.3 is 15.4 Å². The molecule has 0 saturated heterocycles. The average Bonchev–Trinajstić information content (AvgIpc) is 2.98. The predicted molar refractivity (Wildman–Crippen MR) is 91.1 cm³/mol. The van der Waals surface area contributed by atoms with Gasteiger partial charge in [-0.2, -0.15) is 5.10 Å². The van der Waals surface area contributed by atoms with Crippen molar-refractivity contribution in [2.45, 2.75) is 26.4 Å². The van der Waals surface area contributed by atoms with Crippen molar-refractivity contribution in [3.05, 3.63) is 46.4 Å². The van der Waals surface area contributed by atoms with Crippen LogP contribution in [0, 0.1) is 5.92 Å². The van der Waals surface area contributed by atoms with Crippen molar-refractivity contribution in [2.75, 3.05) is 6.54 Å². The van der Waals surface area contributed by atoms with Crippen molar-refractivity contribution < 1.29 is 9.90 Å². The van der Waals surface area contributed by atoms with Crippen LogP contribution in [0.15, 0.2) is 35.3 Å². The van der Waals surface area contributed by atoms with Gasteiger partial charge in [0.1, 0.15) is 11.2 Å². The highest BCUT2D eigenvalue weighted by atomic mass is 16.3. The van der Waals surface area contributed by atoms with Crippen LogP contribution < -0.4 is 10.9 Å². The summed E-state index contributed by atoms with van der Waals surface area (Å²) in [7, 11) is 0. The Kier molecular flexibility index (Phi) is 4.35. The minimum Gasteiger partial charge on any atom is -0.393 e. The first-order valence-corrected chi connectivity index (χ1v) is 7.94. The summed E-state index contributed by atoms with van der Waals surface area (Å²) >= 11 is 0. The quantitative estimate of drug-likeness (QED) is 0.657. The number of fused-ring (bicyclic) bond motifs is 3. The fourth-order valence-electron chi connectivity index (χ4n) is 2.60. The smallest absolute Gasteiger partial charge is 0.259 e. The van der Waals surface area contributed by atoms with E-state index in [9.17, 15) is 14.7 Å². The first-order chi connectivity index (χ1) is 11.5. The van der Waals surface area contributed by atoms with Gasteiger partial charge in [-0.15, -0.1) is 0 Å². The number of amides is 1. The molecule has 24 heavy (non-hydrogen) atoms. The van der Waals surface area contributed by atoms with E-state index in [1.807, 2.05) is 19.9 Å². The lowest BCUT2D eigenvalue weighted by Gasteiger charge is -2.14. The Balaban J connectivity index is 1.88. The maximum Gasteiger partial charge on any atom is 0.259 e. The molecule has 7 heteroatoms. The molecule has 0 aliphatic rings. The number of para-hydroxylation sites is 1. The Morgan fingerprint density at radius 3 is 2.88 bits per heavy atom. The number of carbonyl (C=O) groups is 1. The Hall–Kier alpha value is -2.67. The summed E-state index contributed by atoms with van der Waals surface area (Å²) in [6, 6.07) is 7.09. The van der Waals surface area contributed by atoms with Crippen molar-refractivity contribution in [3.8, 4) is 0 Å². The number of aromatic nitrogens is 3. The van der Waals surface area contributed by atoms with Gasteiger partial charge in [0.15, 0.2) is 0 Å². The maximum absolute atomic E-state index is 12.4. The molecule has 1 unspecified atom stereocenters. The van der Waals surface area contributed by atoms with Crippen molar-refractivity contribution in [2.24, 2.45) is 5.92 Å². The van der Waals surface area contributed by atoms with Crippen LogP contribution in [0.2, 0.25) is 0 Å². The zero-order chi connectivity index (χ0) is 17.3. The fraction of sp³-hybridized carbons (Fsp3) is 0.353. The van der Waals surface area contributed by atoms with Crippen molar-refractivity contribution in [3.63, 3.8) is 0 Å². The molecule has 2 heterocycles. The van der Waals surface area contributed by atoms with Gasteiger partial charge in [0.2, 0.25) is 0 Å². The molecule has 2 aromatic heterocycles. The third-order valence-corrected chi connectivity index (χ3v) is 4.12. The summed E-state index contributed by atoms with van der Waals surface area (Å²) in [6.07, 6.45) is 1.45. The second-order valence-electron chi connectivity index (χ2n) is 6.15. The normalized spacial score (nSPS) is 12.8. The van der Waals surface area contributed by atoms with Gasteiger partial charge in [-0.25, -0.2) is 4.52 Å². The van der Waals surface area contributed by atoms with Crippen LogP contribution in [0.3, 0.4) is 0 Å². The average molecular weight is 328 g/mol. The molecule has 3 rings (SSSR count). The lowest BCUT2D eigenvalue weighted by Crippen LogP contribution is -2.29. The summed E-state index contributed by atoms with van der Waals surface area (Å²) in [4.78, 5) is 27.2. The molecule has 126 valence electrons. The number of rotatable bonds is 5. The summed E-state index contributed by atoms with van der Waals surface area (Å²) in [5.74, 6) is -0.187.